The molecule has 7 heteroatoms. The molecule has 1 aromatic heterocycles. The van der Waals surface area contributed by atoms with Crippen molar-refractivity contribution in [3.8, 4) is 0 Å². The summed E-state index contributed by atoms with van der Waals surface area (Å²) in [5, 5.41) is 3.42. The Morgan fingerprint density at radius 2 is 2.29 bits per heavy atom. The van der Waals surface area contributed by atoms with Crippen molar-refractivity contribution in [1.29, 1.82) is 0 Å². The minimum Gasteiger partial charge on any atom is -0.369 e. The minimum absolute atomic E-state index is 0.170. The normalized spacial score (nSPS) is 20.4. The van der Waals surface area contributed by atoms with E-state index in [0.717, 1.165) is 25.8 Å². The standard InChI is InChI=1S/C14H22ClN3O2S/c1-3-6-16-14-13(15)8-12(9-17-14)21(19,20)18-7-4-5-11(2)10-18/h8-9,11H,3-7,10H2,1-2H3,(H,16,17). The van der Waals surface area contributed by atoms with Gasteiger partial charge in [-0.25, -0.2) is 13.4 Å². The van der Waals surface area contributed by atoms with Crippen molar-refractivity contribution in [2.75, 3.05) is 25.0 Å². The monoisotopic (exact) mass is 331 g/mol. The predicted octanol–water partition coefficient (Wildman–Crippen LogP) is 2.98. The van der Waals surface area contributed by atoms with E-state index in [9.17, 15) is 8.42 Å². The Morgan fingerprint density at radius 1 is 1.52 bits per heavy atom. The number of nitrogens with zero attached hydrogens (tertiary/aromatic N) is 2. The summed E-state index contributed by atoms with van der Waals surface area (Å²) in [6.45, 7) is 6.00. The molecule has 1 aromatic rings. The first-order valence-electron chi connectivity index (χ1n) is 7.34. The van der Waals surface area contributed by atoms with Crippen LogP contribution in [0.4, 0.5) is 5.82 Å². The molecule has 0 bridgehead atoms. The van der Waals surface area contributed by atoms with Crippen LogP contribution in [0.5, 0.6) is 0 Å². The van der Waals surface area contributed by atoms with E-state index >= 15 is 0 Å². The molecular weight excluding hydrogens is 310 g/mol. The van der Waals surface area contributed by atoms with Crippen LogP contribution in [0.15, 0.2) is 17.2 Å². The lowest BCUT2D eigenvalue weighted by molar-refractivity contribution is 0.281. The van der Waals surface area contributed by atoms with Gasteiger partial charge in [0.1, 0.15) is 10.7 Å². The maximum Gasteiger partial charge on any atom is 0.244 e. The number of hydrogen-bond acceptors (Lipinski definition) is 4. The summed E-state index contributed by atoms with van der Waals surface area (Å²) < 4.78 is 26.8. The van der Waals surface area contributed by atoms with Gasteiger partial charge in [-0.15, -0.1) is 0 Å². The van der Waals surface area contributed by atoms with Gasteiger partial charge in [0, 0.05) is 25.8 Å². The van der Waals surface area contributed by atoms with E-state index in [1.807, 2.05) is 6.92 Å². The van der Waals surface area contributed by atoms with Gasteiger partial charge in [-0.1, -0.05) is 25.4 Å². The smallest absolute Gasteiger partial charge is 0.244 e. The van der Waals surface area contributed by atoms with Gasteiger partial charge < -0.3 is 5.32 Å². The van der Waals surface area contributed by atoms with Crippen molar-refractivity contribution in [3.05, 3.63) is 17.3 Å². The number of hydrogen-bond donors (Lipinski definition) is 1. The molecule has 0 amide bonds. The molecule has 0 radical (unpaired) electrons. The molecule has 118 valence electrons. The van der Waals surface area contributed by atoms with Gasteiger partial charge in [-0.05, 0) is 31.2 Å². The van der Waals surface area contributed by atoms with Gasteiger partial charge in [0.15, 0.2) is 0 Å². The summed E-state index contributed by atoms with van der Waals surface area (Å²) in [6, 6.07) is 1.49. The van der Waals surface area contributed by atoms with Gasteiger partial charge in [-0.3, -0.25) is 0 Å². The fourth-order valence-corrected chi connectivity index (χ4v) is 4.32. The molecule has 1 saturated heterocycles. The van der Waals surface area contributed by atoms with Crippen LogP contribution in [-0.2, 0) is 10.0 Å². The molecule has 1 N–H and O–H groups in total. The molecule has 1 aliphatic heterocycles. The Hall–Kier alpha value is -0.850. The quantitative estimate of drug-likeness (QED) is 0.901. The Bertz CT molecular complexity index is 592. The van der Waals surface area contributed by atoms with Crippen molar-refractivity contribution in [3.63, 3.8) is 0 Å². The fourth-order valence-electron chi connectivity index (χ4n) is 2.45. The predicted molar refractivity (Wildman–Crippen MR) is 85.2 cm³/mol. The van der Waals surface area contributed by atoms with Gasteiger partial charge in [0.2, 0.25) is 10.0 Å². The van der Waals surface area contributed by atoms with Crippen molar-refractivity contribution in [2.24, 2.45) is 5.92 Å². The van der Waals surface area contributed by atoms with Crippen molar-refractivity contribution >= 4 is 27.4 Å². The molecule has 0 spiro atoms. The number of anilines is 1. The van der Waals surface area contributed by atoms with Crippen LogP contribution in [0.2, 0.25) is 5.02 Å². The molecule has 1 aliphatic rings. The summed E-state index contributed by atoms with van der Waals surface area (Å²) >= 11 is 6.13. The van der Waals surface area contributed by atoms with Crippen LogP contribution in [-0.4, -0.2) is 37.3 Å². The number of halogens is 1. The fraction of sp³-hybridized carbons (Fsp3) is 0.643. The van der Waals surface area contributed by atoms with Crippen molar-refractivity contribution in [1.82, 2.24) is 9.29 Å². The van der Waals surface area contributed by atoms with E-state index in [1.54, 1.807) is 0 Å². The van der Waals surface area contributed by atoms with E-state index in [0.29, 0.717) is 29.8 Å². The first-order valence-corrected chi connectivity index (χ1v) is 9.16. The zero-order chi connectivity index (χ0) is 15.5. The zero-order valence-electron chi connectivity index (χ0n) is 12.5. The third kappa shape index (κ3) is 3.87. The van der Waals surface area contributed by atoms with Gasteiger partial charge in [0.25, 0.3) is 0 Å². The maximum absolute atomic E-state index is 12.6. The topological polar surface area (TPSA) is 62.3 Å². The van der Waals surface area contributed by atoms with Crippen LogP contribution < -0.4 is 5.32 Å². The highest BCUT2D eigenvalue weighted by Crippen LogP contribution is 2.27. The summed E-state index contributed by atoms with van der Waals surface area (Å²) in [4.78, 5) is 4.32. The third-order valence-corrected chi connectivity index (χ3v) is 5.73. The van der Waals surface area contributed by atoms with Crippen LogP contribution in [0.25, 0.3) is 0 Å². The van der Waals surface area contributed by atoms with Crippen molar-refractivity contribution in [2.45, 2.75) is 38.0 Å². The molecule has 1 atom stereocenters. The highest BCUT2D eigenvalue weighted by molar-refractivity contribution is 7.89. The second kappa shape index (κ2) is 6.94. The molecule has 2 heterocycles. The molecule has 0 aliphatic carbocycles. The van der Waals surface area contributed by atoms with Crippen LogP contribution in [0.3, 0.4) is 0 Å². The highest BCUT2D eigenvalue weighted by Gasteiger charge is 2.29. The molecule has 2 rings (SSSR count). The lowest BCUT2D eigenvalue weighted by atomic mass is 10.0. The largest absolute Gasteiger partial charge is 0.369 e. The molecule has 5 nitrogen and oxygen atoms in total. The lowest BCUT2D eigenvalue weighted by Crippen LogP contribution is -2.39. The van der Waals surface area contributed by atoms with Crippen LogP contribution >= 0.6 is 11.6 Å². The highest BCUT2D eigenvalue weighted by atomic mass is 35.5. The number of piperidine rings is 1. The Kier molecular flexibility index (Phi) is 5.46. The number of rotatable bonds is 5. The number of pyridine rings is 1. The number of aromatic nitrogens is 1. The first kappa shape index (κ1) is 16.5. The van der Waals surface area contributed by atoms with E-state index < -0.39 is 10.0 Å². The Labute approximate surface area is 131 Å². The SMILES string of the molecule is CCCNc1ncc(S(=O)(=O)N2CCCC(C)C2)cc1Cl. The molecule has 1 unspecified atom stereocenters. The maximum atomic E-state index is 12.6. The Balaban J connectivity index is 2.22. The van der Waals surface area contributed by atoms with E-state index in [1.165, 1.54) is 16.6 Å². The first-order chi connectivity index (χ1) is 9.95. The average molecular weight is 332 g/mol. The molecule has 21 heavy (non-hydrogen) atoms. The third-order valence-electron chi connectivity index (χ3n) is 3.62. The summed E-state index contributed by atoms with van der Waals surface area (Å²) in [5.74, 6) is 0.923. The van der Waals surface area contributed by atoms with Gasteiger partial charge in [0.05, 0.1) is 5.02 Å². The van der Waals surface area contributed by atoms with Crippen LogP contribution in [0.1, 0.15) is 33.1 Å². The zero-order valence-corrected chi connectivity index (χ0v) is 14.0. The number of sulfonamides is 1. The summed E-state index contributed by atoms with van der Waals surface area (Å²) in [6.07, 6.45) is 4.31. The lowest BCUT2D eigenvalue weighted by Gasteiger charge is -2.30. The van der Waals surface area contributed by atoms with E-state index in [2.05, 4.69) is 17.2 Å². The minimum atomic E-state index is -3.50. The molecule has 0 saturated carbocycles. The summed E-state index contributed by atoms with van der Waals surface area (Å²) in [7, 11) is -3.50. The molecule has 1 fully saturated rings. The average Bonchev–Trinajstić information content (AvgIpc) is 2.46. The van der Waals surface area contributed by atoms with E-state index in [-0.39, 0.29) is 4.90 Å². The van der Waals surface area contributed by atoms with E-state index in [4.69, 9.17) is 11.6 Å². The molecule has 0 aromatic carbocycles. The van der Waals surface area contributed by atoms with Crippen molar-refractivity contribution < 1.29 is 8.42 Å². The van der Waals surface area contributed by atoms with Crippen LogP contribution in [0, 0.1) is 5.92 Å². The van der Waals surface area contributed by atoms with Gasteiger partial charge in [-0.2, -0.15) is 4.31 Å². The summed E-state index contributed by atoms with van der Waals surface area (Å²) in [5.41, 5.74) is 0. The second-order valence-electron chi connectivity index (χ2n) is 5.54. The number of nitrogens with one attached hydrogen (secondary N) is 1. The molecular formula is C14H22ClN3O2S. The second-order valence-corrected chi connectivity index (χ2v) is 7.88. The Morgan fingerprint density at radius 3 is 2.90 bits per heavy atom. The van der Waals surface area contributed by atoms with Gasteiger partial charge >= 0.3 is 0 Å².